The fourth-order valence-corrected chi connectivity index (χ4v) is 4.28. The highest BCUT2D eigenvalue weighted by atomic mass is 32.2. The van der Waals surface area contributed by atoms with Crippen LogP contribution < -0.4 is 10.9 Å². The number of carbonyl (C=O) groups is 1. The Bertz CT molecular complexity index is 1050. The van der Waals surface area contributed by atoms with Crippen molar-refractivity contribution in [1.82, 2.24) is 8.87 Å². The van der Waals surface area contributed by atoms with Gasteiger partial charge in [-0.1, -0.05) is 6.07 Å². The predicted molar refractivity (Wildman–Crippen MR) is 100 cm³/mol. The summed E-state index contributed by atoms with van der Waals surface area (Å²) in [6.07, 6.45) is 1.33. The number of hydrogen-bond acceptors (Lipinski definition) is 5. The van der Waals surface area contributed by atoms with Crippen LogP contribution in [0.2, 0.25) is 0 Å². The van der Waals surface area contributed by atoms with E-state index in [0.717, 1.165) is 4.57 Å². The van der Waals surface area contributed by atoms with Gasteiger partial charge in [0.15, 0.2) is 0 Å². The van der Waals surface area contributed by atoms with Crippen molar-refractivity contribution in [3.05, 3.63) is 58.3 Å². The van der Waals surface area contributed by atoms with E-state index >= 15 is 0 Å². The van der Waals surface area contributed by atoms with Gasteiger partial charge in [0, 0.05) is 25.0 Å². The lowest BCUT2D eigenvalue weighted by Gasteiger charge is -2.25. The fraction of sp³-hybridized carbons (Fsp3) is 0.333. The largest absolute Gasteiger partial charge is 0.379 e. The zero-order valence-electron chi connectivity index (χ0n) is 15.2. The third kappa shape index (κ3) is 4.29. The van der Waals surface area contributed by atoms with E-state index < -0.39 is 38.7 Å². The van der Waals surface area contributed by atoms with Crippen LogP contribution in [0.5, 0.6) is 0 Å². The molecule has 1 N–H and O–H groups in total. The van der Waals surface area contributed by atoms with Gasteiger partial charge in [-0.25, -0.2) is 12.8 Å². The van der Waals surface area contributed by atoms with Crippen LogP contribution in [-0.2, 0) is 26.1 Å². The lowest BCUT2D eigenvalue weighted by Crippen LogP contribution is -2.43. The highest BCUT2D eigenvalue weighted by Crippen LogP contribution is 2.15. The lowest BCUT2D eigenvalue weighted by atomic mass is 10.2. The molecule has 1 aliphatic heterocycles. The number of anilines is 1. The van der Waals surface area contributed by atoms with Crippen LogP contribution in [0.25, 0.3) is 0 Å². The van der Waals surface area contributed by atoms with Gasteiger partial charge in [-0.2, -0.15) is 4.31 Å². The van der Waals surface area contributed by atoms with E-state index in [1.807, 2.05) is 0 Å². The maximum Gasteiger partial charge on any atom is 0.271 e. The molecule has 1 fully saturated rings. The molecule has 0 unspecified atom stereocenters. The first-order valence-corrected chi connectivity index (χ1v) is 10.1. The monoisotopic (exact) mass is 409 g/mol. The number of carbonyl (C=O) groups excluding carboxylic acids is 1. The van der Waals surface area contributed by atoms with Gasteiger partial charge in [0.2, 0.25) is 15.9 Å². The van der Waals surface area contributed by atoms with Gasteiger partial charge in [-0.3, -0.25) is 9.59 Å². The number of aryl methyl sites for hydroxylation is 1. The van der Waals surface area contributed by atoms with E-state index in [-0.39, 0.29) is 32.0 Å². The summed E-state index contributed by atoms with van der Waals surface area (Å²) < 4.78 is 46.4. The van der Waals surface area contributed by atoms with Crippen molar-refractivity contribution < 1.29 is 22.3 Å². The van der Waals surface area contributed by atoms with Crippen molar-refractivity contribution in [2.75, 3.05) is 31.6 Å². The van der Waals surface area contributed by atoms with Gasteiger partial charge in [0.1, 0.15) is 17.3 Å². The number of aromatic nitrogens is 1. The molecule has 28 heavy (non-hydrogen) atoms. The molecule has 1 aromatic heterocycles. The normalized spacial score (nSPS) is 15.4. The van der Waals surface area contributed by atoms with Gasteiger partial charge in [-0.05, 0) is 36.8 Å². The number of pyridine rings is 1. The second kappa shape index (κ2) is 8.21. The first-order chi connectivity index (χ1) is 13.3. The Morgan fingerprint density at radius 1 is 1.25 bits per heavy atom. The third-order valence-electron chi connectivity index (χ3n) is 4.34. The average Bonchev–Trinajstić information content (AvgIpc) is 2.67. The molecule has 2 aromatic rings. The number of halogens is 1. The summed E-state index contributed by atoms with van der Waals surface area (Å²) in [6, 6.07) is 6.85. The second-order valence-electron chi connectivity index (χ2n) is 6.33. The number of amides is 1. The number of nitrogens with zero attached hydrogens (tertiary/aromatic N) is 2. The van der Waals surface area contributed by atoms with E-state index in [1.165, 1.54) is 34.8 Å². The number of nitrogens with one attached hydrogen (secondary N) is 1. The number of morpholine rings is 1. The van der Waals surface area contributed by atoms with Crippen molar-refractivity contribution >= 4 is 21.6 Å². The molecule has 0 radical (unpaired) electrons. The molecule has 8 nitrogen and oxygen atoms in total. The third-order valence-corrected chi connectivity index (χ3v) is 6.25. The fourth-order valence-electron chi connectivity index (χ4n) is 2.79. The Balaban J connectivity index is 1.79. The molecule has 1 amide bonds. The zero-order valence-corrected chi connectivity index (χ0v) is 16.0. The molecule has 1 aromatic carbocycles. The van der Waals surface area contributed by atoms with Crippen LogP contribution in [0, 0.1) is 12.7 Å². The van der Waals surface area contributed by atoms with Crippen LogP contribution >= 0.6 is 0 Å². The van der Waals surface area contributed by atoms with Crippen LogP contribution in [-0.4, -0.2) is 49.5 Å². The lowest BCUT2D eigenvalue weighted by molar-refractivity contribution is -0.116. The molecular weight excluding hydrogens is 389 g/mol. The summed E-state index contributed by atoms with van der Waals surface area (Å²) >= 11 is 0. The average molecular weight is 409 g/mol. The maximum atomic E-state index is 13.6. The number of sulfonamides is 1. The van der Waals surface area contributed by atoms with Gasteiger partial charge in [-0.15, -0.1) is 0 Å². The Kier molecular flexibility index (Phi) is 5.92. The maximum absolute atomic E-state index is 13.6. The minimum absolute atomic E-state index is 0.163. The summed E-state index contributed by atoms with van der Waals surface area (Å²) in [5.74, 6) is -1.04. The number of hydrogen-bond donors (Lipinski definition) is 1. The summed E-state index contributed by atoms with van der Waals surface area (Å²) in [5, 5.41) is 2.49. The zero-order chi connectivity index (χ0) is 20.3. The summed E-state index contributed by atoms with van der Waals surface area (Å²) in [7, 11) is -3.98. The molecule has 2 heterocycles. The van der Waals surface area contributed by atoms with Gasteiger partial charge < -0.3 is 14.6 Å². The highest BCUT2D eigenvalue weighted by molar-refractivity contribution is 7.89. The van der Waals surface area contributed by atoms with Crippen LogP contribution in [0.15, 0.2) is 46.2 Å². The summed E-state index contributed by atoms with van der Waals surface area (Å²) in [6.45, 7) is 2.04. The van der Waals surface area contributed by atoms with Crippen LogP contribution in [0.1, 0.15) is 5.56 Å². The molecule has 3 rings (SSSR count). The number of ether oxygens (including phenoxy) is 1. The molecule has 150 valence electrons. The topological polar surface area (TPSA) is 97.7 Å². The van der Waals surface area contributed by atoms with Crippen molar-refractivity contribution in [3.8, 4) is 0 Å². The van der Waals surface area contributed by atoms with E-state index in [1.54, 1.807) is 13.0 Å². The SMILES string of the molecule is Cc1ccc(NC(=O)Cn2cccc(S(=O)(=O)N3CCOCC3)c2=O)cc1F. The summed E-state index contributed by atoms with van der Waals surface area (Å²) in [5.41, 5.74) is -0.104. The van der Waals surface area contributed by atoms with E-state index in [9.17, 15) is 22.4 Å². The first-order valence-electron chi connectivity index (χ1n) is 8.62. The van der Waals surface area contributed by atoms with E-state index in [0.29, 0.717) is 5.56 Å². The molecule has 0 atom stereocenters. The van der Waals surface area contributed by atoms with Crippen LogP contribution in [0.4, 0.5) is 10.1 Å². The molecule has 0 saturated carbocycles. The molecule has 10 heteroatoms. The molecule has 1 saturated heterocycles. The van der Waals surface area contributed by atoms with Crippen molar-refractivity contribution in [2.45, 2.75) is 18.4 Å². The molecule has 0 aliphatic carbocycles. The van der Waals surface area contributed by atoms with Crippen molar-refractivity contribution in [1.29, 1.82) is 0 Å². The van der Waals surface area contributed by atoms with Crippen molar-refractivity contribution in [3.63, 3.8) is 0 Å². The Hall–Kier alpha value is -2.56. The molecular formula is C18H20FN3O5S. The smallest absolute Gasteiger partial charge is 0.271 e. The first kappa shape index (κ1) is 20.2. The number of benzene rings is 1. The minimum atomic E-state index is -3.98. The minimum Gasteiger partial charge on any atom is -0.379 e. The molecule has 1 aliphatic rings. The van der Waals surface area contributed by atoms with Crippen molar-refractivity contribution in [2.24, 2.45) is 0 Å². The Morgan fingerprint density at radius 2 is 1.96 bits per heavy atom. The standard InChI is InChI=1S/C18H20FN3O5S/c1-13-4-5-14(11-15(13)19)20-17(23)12-21-6-2-3-16(18(21)24)28(25,26)22-7-9-27-10-8-22/h2-6,11H,7-10,12H2,1H3,(H,20,23). The predicted octanol–water partition coefficient (Wildman–Crippen LogP) is 0.955. The van der Waals surface area contributed by atoms with Gasteiger partial charge >= 0.3 is 0 Å². The number of rotatable bonds is 5. The molecule has 0 spiro atoms. The van der Waals surface area contributed by atoms with Crippen LogP contribution in [0.3, 0.4) is 0 Å². The van der Waals surface area contributed by atoms with Gasteiger partial charge in [0.25, 0.3) is 5.56 Å². The Labute approximate surface area is 161 Å². The quantitative estimate of drug-likeness (QED) is 0.793. The van der Waals surface area contributed by atoms with E-state index in [2.05, 4.69) is 5.32 Å². The Morgan fingerprint density at radius 3 is 2.64 bits per heavy atom. The van der Waals surface area contributed by atoms with E-state index in [4.69, 9.17) is 4.74 Å². The van der Waals surface area contributed by atoms with Gasteiger partial charge in [0.05, 0.1) is 13.2 Å². The molecule has 0 bridgehead atoms. The highest BCUT2D eigenvalue weighted by Gasteiger charge is 2.29. The second-order valence-corrected chi connectivity index (χ2v) is 8.24. The summed E-state index contributed by atoms with van der Waals surface area (Å²) in [4.78, 5) is 24.5.